The summed E-state index contributed by atoms with van der Waals surface area (Å²) in [5.74, 6) is -0.371. The summed E-state index contributed by atoms with van der Waals surface area (Å²) in [6, 6.07) is -0.494. The fourth-order valence-corrected chi connectivity index (χ4v) is 1.24. The van der Waals surface area contributed by atoms with Crippen molar-refractivity contribution in [2.45, 2.75) is 19.4 Å². The highest BCUT2D eigenvalue weighted by Gasteiger charge is 2.42. The van der Waals surface area contributed by atoms with Gasteiger partial charge in [0, 0.05) is 21.1 Å². The molecule has 0 aromatic heterocycles. The van der Waals surface area contributed by atoms with Gasteiger partial charge in [-0.3, -0.25) is 4.79 Å². The number of urea groups is 1. The number of rotatable bonds is 2. The van der Waals surface area contributed by atoms with Crippen LogP contribution in [-0.2, 0) is 14.3 Å². The first-order valence-corrected chi connectivity index (χ1v) is 3.77. The van der Waals surface area contributed by atoms with E-state index in [1.165, 1.54) is 21.1 Å². The highest BCUT2D eigenvalue weighted by Crippen LogP contribution is 2.14. The van der Waals surface area contributed by atoms with Crippen molar-refractivity contribution in [3.05, 3.63) is 0 Å². The van der Waals surface area contributed by atoms with E-state index in [4.69, 9.17) is 9.47 Å². The smallest absolute Gasteiger partial charge is 0.328 e. The van der Waals surface area contributed by atoms with E-state index in [1.807, 2.05) is 0 Å². The lowest BCUT2D eigenvalue weighted by molar-refractivity contribution is -0.140. The lowest BCUT2D eigenvalue weighted by atomic mass is 10.4. The summed E-state index contributed by atoms with van der Waals surface area (Å²) in [6.45, 7) is 1.30. The van der Waals surface area contributed by atoms with Crippen LogP contribution < -0.4 is 5.32 Å². The molecule has 1 N–H and O–H groups in total. The number of carbonyl (C=O) groups is 2. The molecule has 0 saturated carbocycles. The van der Waals surface area contributed by atoms with E-state index >= 15 is 0 Å². The average Bonchev–Trinajstić information content (AvgIpc) is 2.41. The van der Waals surface area contributed by atoms with Crippen LogP contribution in [0.15, 0.2) is 0 Å². The lowest BCUT2D eigenvalue weighted by Gasteiger charge is -2.20. The summed E-state index contributed by atoms with van der Waals surface area (Å²) in [6.07, 6.45) is -1.28. The molecule has 1 fully saturated rings. The van der Waals surface area contributed by atoms with Gasteiger partial charge in [0.2, 0.25) is 5.91 Å². The highest BCUT2D eigenvalue weighted by atomic mass is 16.6. The van der Waals surface area contributed by atoms with Crippen LogP contribution in [0.25, 0.3) is 0 Å². The summed E-state index contributed by atoms with van der Waals surface area (Å²) in [4.78, 5) is 23.2. The van der Waals surface area contributed by atoms with E-state index in [0.717, 1.165) is 4.90 Å². The van der Waals surface area contributed by atoms with Crippen LogP contribution >= 0.6 is 0 Å². The predicted octanol–water partition coefficient (Wildman–Crippen LogP) is -0.497. The minimum absolute atomic E-state index is 0.371. The number of hydrogen-bond donors (Lipinski definition) is 1. The van der Waals surface area contributed by atoms with Gasteiger partial charge in [-0.2, -0.15) is 0 Å². The Morgan fingerprint density at radius 1 is 1.46 bits per heavy atom. The molecule has 6 heteroatoms. The van der Waals surface area contributed by atoms with Crippen LogP contribution in [0.4, 0.5) is 4.79 Å². The maximum Gasteiger partial charge on any atom is 0.328 e. The second-order valence-corrected chi connectivity index (χ2v) is 2.62. The van der Waals surface area contributed by atoms with Crippen molar-refractivity contribution < 1.29 is 19.1 Å². The van der Waals surface area contributed by atoms with Crippen molar-refractivity contribution in [2.75, 3.05) is 14.2 Å². The van der Waals surface area contributed by atoms with Crippen molar-refractivity contribution >= 4 is 11.9 Å². The predicted molar refractivity (Wildman–Crippen MR) is 42.6 cm³/mol. The number of nitrogens with zero attached hydrogens (tertiary/aromatic N) is 1. The van der Waals surface area contributed by atoms with Crippen molar-refractivity contribution in [3.8, 4) is 0 Å². The van der Waals surface area contributed by atoms with Gasteiger partial charge in [-0.05, 0) is 0 Å². The normalized spacial score (nSPS) is 27.6. The van der Waals surface area contributed by atoms with Gasteiger partial charge in [0.05, 0.1) is 0 Å². The van der Waals surface area contributed by atoms with Crippen LogP contribution in [0.2, 0.25) is 0 Å². The Bertz CT molecular complexity index is 231. The number of carbonyl (C=O) groups excluding carboxylic acids is 2. The number of nitrogens with one attached hydrogen (secondary N) is 1. The molecule has 1 rings (SSSR count). The van der Waals surface area contributed by atoms with Crippen molar-refractivity contribution in [3.63, 3.8) is 0 Å². The first-order chi connectivity index (χ1) is 6.11. The van der Waals surface area contributed by atoms with Gasteiger partial charge in [-0.1, -0.05) is 0 Å². The van der Waals surface area contributed by atoms with Crippen molar-refractivity contribution in [2.24, 2.45) is 0 Å². The average molecular weight is 188 g/mol. The second-order valence-electron chi connectivity index (χ2n) is 2.62. The van der Waals surface area contributed by atoms with E-state index in [1.54, 1.807) is 0 Å². The second kappa shape index (κ2) is 3.71. The molecule has 0 bridgehead atoms. The third kappa shape index (κ3) is 1.63. The highest BCUT2D eigenvalue weighted by molar-refractivity contribution is 5.95. The number of imide groups is 1. The zero-order valence-corrected chi connectivity index (χ0v) is 7.73. The first kappa shape index (κ1) is 9.94. The molecule has 2 atom stereocenters. The quantitative estimate of drug-likeness (QED) is 0.634. The molecule has 0 aromatic carbocycles. The fourth-order valence-electron chi connectivity index (χ4n) is 1.24. The van der Waals surface area contributed by atoms with Gasteiger partial charge in [-0.25, -0.2) is 9.69 Å². The molecule has 1 aliphatic rings. The summed E-state index contributed by atoms with van der Waals surface area (Å²) in [7, 11) is 2.84. The van der Waals surface area contributed by atoms with Gasteiger partial charge in [0.15, 0.2) is 12.5 Å². The van der Waals surface area contributed by atoms with E-state index in [0.29, 0.717) is 0 Å². The number of methoxy groups -OCH3 is 2. The Hall–Kier alpha value is -1.14. The molecule has 13 heavy (non-hydrogen) atoms. The minimum Gasteiger partial charge on any atom is -0.357 e. The molecule has 1 aliphatic heterocycles. The molecule has 3 amide bonds. The standard InChI is InChI=1S/C7H12N2O4/c1-4(10)9-6(13-3)5(12-2)8-7(9)11/h5-6H,1-3H3,(H,8,11). The topological polar surface area (TPSA) is 67.9 Å². The molecule has 0 aromatic rings. The summed E-state index contributed by atoms with van der Waals surface area (Å²) < 4.78 is 9.87. The zero-order valence-electron chi connectivity index (χ0n) is 7.73. The van der Waals surface area contributed by atoms with E-state index in [9.17, 15) is 9.59 Å². The minimum atomic E-state index is -0.685. The lowest BCUT2D eigenvalue weighted by Crippen LogP contribution is -2.41. The van der Waals surface area contributed by atoms with Crippen LogP contribution in [0.3, 0.4) is 0 Å². The van der Waals surface area contributed by atoms with E-state index < -0.39 is 18.5 Å². The fraction of sp³-hybridized carbons (Fsp3) is 0.714. The van der Waals surface area contributed by atoms with E-state index in [-0.39, 0.29) is 5.91 Å². The zero-order chi connectivity index (χ0) is 10.0. The monoisotopic (exact) mass is 188 g/mol. The van der Waals surface area contributed by atoms with Crippen LogP contribution in [0.5, 0.6) is 0 Å². The molecule has 1 saturated heterocycles. The van der Waals surface area contributed by atoms with Gasteiger partial charge in [0.1, 0.15) is 0 Å². The summed E-state index contributed by atoms with van der Waals surface area (Å²) >= 11 is 0. The van der Waals surface area contributed by atoms with Gasteiger partial charge in [-0.15, -0.1) is 0 Å². The van der Waals surface area contributed by atoms with Gasteiger partial charge < -0.3 is 14.8 Å². The molecule has 0 aliphatic carbocycles. The Balaban J connectivity index is 2.82. The third-order valence-corrected chi connectivity index (χ3v) is 1.83. The Morgan fingerprint density at radius 2 is 2.08 bits per heavy atom. The van der Waals surface area contributed by atoms with Crippen LogP contribution in [0, 0.1) is 0 Å². The summed E-state index contributed by atoms with van der Waals surface area (Å²) in [5.41, 5.74) is 0. The molecular weight excluding hydrogens is 176 g/mol. The largest absolute Gasteiger partial charge is 0.357 e. The third-order valence-electron chi connectivity index (χ3n) is 1.83. The van der Waals surface area contributed by atoms with E-state index in [2.05, 4.69) is 5.32 Å². The maximum atomic E-state index is 11.2. The Labute approximate surface area is 75.8 Å². The van der Waals surface area contributed by atoms with Crippen molar-refractivity contribution in [1.29, 1.82) is 0 Å². The molecule has 6 nitrogen and oxygen atoms in total. The molecular formula is C7H12N2O4. The molecule has 0 spiro atoms. The number of ether oxygens (including phenoxy) is 2. The van der Waals surface area contributed by atoms with Crippen molar-refractivity contribution in [1.82, 2.24) is 10.2 Å². The molecule has 0 radical (unpaired) electrons. The van der Waals surface area contributed by atoms with Gasteiger partial charge >= 0.3 is 6.03 Å². The molecule has 2 unspecified atom stereocenters. The Morgan fingerprint density at radius 3 is 2.46 bits per heavy atom. The van der Waals surface area contributed by atoms with Gasteiger partial charge in [0.25, 0.3) is 0 Å². The SMILES string of the molecule is COC1NC(=O)N(C(C)=O)C1OC. The first-order valence-electron chi connectivity index (χ1n) is 3.77. The summed E-state index contributed by atoms with van der Waals surface area (Å²) in [5, 5.41) is 2.45. The molecule has 1 heterocycles. The Kier molecular flexibility index (Phi) is 2.84. The number of amides is 3. The van der Waals surface area contributed by atoms with Crippen LogP contribution in [0.1, 0.15) is 6.92 Å². The maximum absolute atomic E-state index is 11.2. The van der Waals surface area contributed by atoms with Crippen LogP contribution in [-0.4, -0.2) is 43.5 Å². The molecule has 74 valence electrons. The number of hydrogen-bond acceptors (Lipinski definition) is 4.